The predicted octanol–water partition coefficient (Wildman–Crippen LogP) is 0.641. The Balaban J connectivity index is 2.53. The quantitative estimate of drug-likeness (QED) is 0.653. The normalized spacial score (nSPS) is 11.2. The molecule has 0 fully saturated rings. The third kappa shape index (κ3) is 3.82. The molecule has 136 valence electrons. The Labute approximate surface area is 148 Å². The summed E-state index contributed by atoms with van der Waals surface area (Å²) in [7, 11) is 1.12. The van der Waals surface area contributed by atoms with Crippen LogP contribution in [0.3, 0.4) is 0 Å². The minimum Gasteiger partial charge on any atom is -0.481 e. The van der Waals surface area contributed by atoms with E-state index < -0.39 is 26.6 Å². The molecule has 0 aliphatic carbocycles. The number of aromatic nitrogens is 4. The van der Waals surface area contributed by atoms with Crippen molar-refractivity contribution in [2.24, 2.45) is 7.05 Å². The summed E-state index contributed by atoms with van der Waals surface area (Å²) in [4.78, 5) is 19.8. The number of nitrogens with zero attached hydrogens (tertiary/aromatic N) is 4. The van der Waals surface area contributed by atoms with Crippen LogP contribution in [-0.4, -0.2) is 55.5 Å². The second kappa shape index (κ2) is 7.23. The number of hydrogen-bond donors (Lipinski definition) is 0. The van der Waals surface area contributed by atoms with Crippen LogP contribution < -0.4 is 9.47 Å². The molecular weight excluding hydrogens is 376 g/mol. The van der Waals surface area contributed by atoms with Gasteiger partial charge in [-0.25, -0.2) is 13.2 Å². The molecule has 0 N–H and O–H groups in total. The number of halogens is 1. The van der Waals surface area contributed by atoms with Crippen LogP contribution in [0.5, 0.6) is 11.8 Å². The molecule has 0 unspecified atom stereocenters. The van der Waals surface area contributed by atoms with Crippen molar-refractivity contribution in [1.29, 1.82) is 0 Å². The van der Waals surface area contributed by atoms with Crippen LogP contribution in [0.25, 0.3) is 0 Å². The highest BCUT2D eigenvalue weighted by Gasteiger charge is 2.32. The highest BCUT2D eigenvalue weighted by molar-refractivity contribution is 7.90. The molecule has 0 aliphatic heterocycles. The fraction of sp³-hybridized carbons (Fsp3) is 0.385. The summed E-state index contributed by atoms with van der Waals surface area (Å²) in [5.74, 6) is -1.35. The SMILES string of the molecule is COC(=O)c1c(Cl)nn(C)c1S(=O)(=O)Cc1nc(OC)cc(OC)n1. The van der Waals surface area contributed by atoms with E-state index in [9.17, 15) is 13.2 Å². The largest absolute Gasteiger partial charge is 0.481 e. The molecule has 0 saturated heterocycles. The van der Waals surface area contributed by atoms with Crippen LogP contribution in [0.2, 0.25) is 5.15 Å². The number of ether oxygens (including phenoxy) is 3. The summed E-state index contributed by atoms with van der Waals surface area (Å²) in [5, 5.41) is 3.09. The minimum absolute atomic E-state index is 0.0793. The van der Waals surface area contributed by atoms with Gasteiger partial charge < -0.3 is 14.2 Å². The van der Waals surface area contributed by atoms with E-state index in [0.717, 1.165) is 11.8 Å². The molecule has 0 bridgehead atoms. The molecule has 12 heteroatoms. The number of carbonyl (C=O) groups is 1. The number of hydrogen-bond acceptors (Lipinski definition) is 9. The van der Waals surface area contributed by atoms with E-state index in [4.69, 9.17) is 21.1 Å². The Morgan fingerprint density at radius 2 is 1.76 bits per heavy atom. The monoisotopic (exact) mass is 390 g/mol. The molecule has 2 rings (SSSR count). The molecule has 2 aromatic rings. The smallest absolute Gasteiger partial charge is 0.344 e. The lowest BCUT2D eigenvalue weighted by molar-refractivity contribution is 0.0596. The van der Waals surface area contributed by atoms with Crippen molar-refractivity contribution in [3.05, 3.63) is 22.6 Å². The zero-order chi connectivity index (χ0) is 18.8. The van der Waals surface area contributed by atoms with Gasteiger partial charge >= 0.3 is 5.97 Å². The fourth-order valence-corrected chi connectivity index (χ4v) is 3.95. The molecule has 0 atom stereocenters. The van der Waals surface area contributed by atoms with Gasteiger partial charge in [-0.2, -0.15) is 15.1 Å². The second-order valence-corrected chi connectivity index (χ2v) is 6.98. The van der Waals surface area contributed by atoms with Gasteiger partial charge in [-0.15, -0.1) is 0 Å². The Morgan fingerprint density at radius 1 is 1.20 bits per heavy atom. The van der Waals surface area contributed by atoms with Crippen LogP contribution >= 0.6 is 11.6 Å². The third-order valence-corrected chi connectivity index (χ3v) is 5.06. The van der Waals surface area contributed by atoms with Crippen molar-refractivity contribution < 1.29 is 27.4 Å². The van der Waals surface area contributed by atoms with E-state index >= 15 is 0 Å². The van der Waals surface area contributed by atoms with Gasteiger partial charge in [0.2, 0.25) is 21.6 Å². The first-order valence-corrected chi connectivity index (χ1v) is 8.76. The van der Waals surface area contributed by atoms with Crippen LogP contribution in [0.15, 0.2) is 11.1 Å². The number of carbonyl (C=O) groups excluding carboxylic acids is 1. The lowest BCUT2D eigenvalue weighted by atomic mass is 10.4. The molecule has 0 aromatic carbocycles. The maximum Gasteiger partial charge on any atom is 0.344 e. The molecule has 25 heavy (non-hydrogen) atoms. The zero-order valence-corrected chi connectivity index (χ0v) is 15.4. The summed E-state index contributed by atoms with van der Waals surface area (Å²) in [5.41, 5.74) is -0.346. The van der Waals surface area contributed by atoms with E-state index in [0.29, 0.717) is 0 Å². The molecule has 0 radical (unpaired) electrons. The van der Waals surface area contributed by atoms with Crippen molar-refractivity contribution in [2.45, 2.75) is 10.8 Å². The Hall–Kier alpha value is -2.40. The van der Waals surface area contributed by atoms with Crippen LogP contribution in [0, 0.1) is 0 Å². The molecular formula is C13H15ClN4O6S. The lowest BCUT2D eigenvalue weighted by Gasteiger charge is -2.08. The van der Waals surface area contributed by atoms with Crippen LogP contribution in [-0.2, 0) is 27.4 Å². The maximum atomic E-state index is 12.8. The first-order chi connectivity index (χ1) is 11.7. The van der Waals surface area contributed by atoms with Gasteiger partial charge in [0, 0.05) is 7.05 Å². The average molecular weight is 391 g/mol. The first kappa shape index (κ1) is 18.9. The third-order valence-electron chi connectivity index (χ3n) is 3.10. The summed E-state index contributed by atoms with van der Waals surface area (Å²) in [6.07, 6.45) is 0. The fourth-order valence-electron chi connectivity index (χ4n) is 2.07. The van der Waals surface area contributed by atoms with Crippen molar-refractivity contribution >= 4 is 27.4 Å². The maximum absolute atomic E-state index is 12.8. The van der Waals surface area contributed by atoms with Crippen LogP contribution in [0.4, 0.5) is 0 Å². The number of esters is 1. The average Bonchev–Trinajstić information content (AvgIpc) is 2.88. The van der Waals surface area contributed by atoms with E-state index in [1.54, 1.807) is 0 Å². The zero-order valence-electron chi connectivity index (χ0n) is 13.8. The Kier molecular flexibility index (Phi) is 5.48. The summed E-state index contributed by atoms with van der Waals surface area (Å²) in [6.45, 7) is 0. The molecule has 0 spiro atoms. The number of sulfone groups is 1. The van der Waals surface area contributed by atoms with Gasteiger partial charge in [-0.1, -0.05) is 11.6 Å². The van der Waals surface area contributed by atoms with Gasteiger partial charge in [-0.3, -0.25) is 4.68 Å². The Morgan fingerprint density at radius 3 is 2.24 bits per heavy atom. The van der Waals surface area contributed by atoms with Gasteiger partial charge in [-0.05, 0) is 0 Å². The molecule has 2 aromatic heterocycles. The van der Waals surface area contributed by atoms with Crippen LogP contribution in [0.1, 0.15) is 16.2 Å². The van der Waals surface area contributed by atoms with E-state index in [-0.39, 0.29) is 28.3 Å². The predicted molar refractivity (Wildman–Crippen MR) is 85.6 cm³/mol. The standard InChI is InChI=1S/C13H15ClN4O6S/c1-18-12(10(11(14)17-18)13(19)24-4)25(20,21)6-7-15-8(22-2)5-9(16-7)23-3/h5H,6H2,1-4H3. The number of rotatable bonds is 6. The van der Waals surface area contributed by atoms with Gasteiger partial charge in [0.15, 0.2) is 16.0 Å². The molecule has 0 saturated carbocycles. The highest BCUT2D eigenvalue weighted by Crippen LogP contribution is 2.27. The summed E-state index contributed by atoms with van der Waals surface area (Å²) >= 11 is 5.86. The minimum atomic E-state index is -4.08. The molecule has 2 heterocycles. The molecule has 0 aliphatic rings. The lowest BCUT2D eigenvalue weighted by Crippen LogP contribution is -2.16. The first-order valence-electron chi connectivity index (χ1n) is 6.73. The second-order valence-electron chi connectivity index (χ2n) is 4.71. The van der Waals surface area contributed by atoms with Gasteiger partial charge in [0.05, 0.1) is 27.4 Å². The van der Waals surface area contributed by atoms with Crippen molar-refractivity contribution in [1.82, 2.24) is 19.7 Å². The van der Waals surface area contributed by atoms with Gasteiger partial charge in [0.25, 0.3) is 0 Å². The van der Waals surface area contributed by atoms with E-state index in [1.165, 1.54) is 27.3 Å². The van der Waals surface area contributed by atoms with Gasteiger partial charge in [0.1, 0.15) is 11.3 Å². The Bertz CT molecular complexity index is 889. The summed E-state index contributed by atoms with van der Waals surface area (Å²) in [6, 6.07) is 1.40. The topological polar surface area (TPSA) is 122 Å². The number of methoxy groups -OCH3 is 3. The van der Waals surface area contributed by atoms with Crippen molar-refractivity contribution in [3.63, 3.8) is 0 Å². The number of aryl methyl sites for hydroxylation is 1. The molecule has 0 amide bonds. The molecule has 10 nitrogen and oxygen atoms in total. The van der Waals surface area contributed by atoms with Crippen molar-refractivity contribution in [3.8, 4) is 11.8 Å². The van der Waals surface area contributed by atoms with E-state index in [2.05, 4.69) is 19.8 Å². The van der Waals surface area contributed by atoms with E-state index in [1.807, 2.05) is 0 Å². The summed E-state index contributed by atoms with van der Waals surface area (Å²) < 4.78 is 41.1. The van der Waals surface area contributed by atoms with Crippen molar-refractivity contribution in [2.75, 3.05) is 21.3 Å². The highest BCUT2D eigenvalue weighted by atomic mass is 35.5.